The van der Waals surface area contributed by atoms with Crippen molar-refractivity contribution in [2.75, 3.05) is 25.7 Å². The minimum atomic E-state index is 0.330. The van der Waals surface area contributed by atoms with Gasteiger partial charge in [-0.3, -0.25) is 4.68 Å². The monoisotopic (exact) mass is 285 g/mol. The van der Waals surface area contributed by atoms with Gasteiger partial charge in [0.1, 0.15) is 0 Å². The van der Waals surface area contributed by atoms with E-state index in [0.717, 1.165) is 43.9 Å². The number of methoxy groups -OCH3 is 1. The zero-order valence-electron chi connectivity index (χ0n) is 12.6. The van der Waals surface area contributed by atoms with Gasteiger partial charge in [-0.15, -0.1) is 0 Å². The smallest absolute Gasteiger partial charge is 0.161 e. The summed E-state index contributed by atoms with van der Waals surface area (Å²) in [6, 6.07) is 0.330. The summed E-state index contributed by atoms with van der Waals surface area (Å²) in [5.74, 6) is 2.05. The molecule has 0 saturated heterocycles. The van der Waals surface area contributed by atoms with Crippen molar-refractivity contribution < 1.29 is 4.74 Å². The fourth-order valence-electron chi connectivity index (χ4n) is 2.17. The number of rotatable bonds is 10. The molecule has 0 aliphatic rings. The summed E-state index contributed by atoms with van der Waals surface area (Å²) in [4.78, 5) is 0. The van der Waals surface area contributed by atoms with Gasteiger partial charge in [-0.25, -0.2) is 0 Å². The van der Waals surface area contributed by atoms with Gasteiger partial charge in [0.25, 0.3) is 0 Å². The van der Waals surface area contributed by atoms with Gasteiger partial charge < -0.3 is 10.1 Å². The van der Waals surface area contributed by atoms with Crippen molar-refractivity contribution in [3.63, 3.8) is 0 Å². The molecule has 0 aliphatic heterocycles. The summed E-state index contributed by atoms with van der Waals surface area (Å²) >= 11 is 1.88. The van der Waals surface area contributed by atoms with Crippen LogP contribution in [0.4, 0.5) is 0 Å². The topological polar surface area (TPSA) is 39.1 Å². The molecule has 0 amide bonds. The zero-order chi connectivity index (χ0) is 14.1. The number of nitrogens with zero attached hydrogens (tertiary/aromatic N) is 2. The number of aryl methyl sites for hydroxylation is 1. The molecule has 1 atom stereocenters. The van der Waals surface area contributed by atoms with Gasteiger partial charge >= 0.3 is 0 Å². The molecule has 0 bridgehead atoms. The fraction of sp³-hybridized carbons (Fsp3) is 0.786. The molecule has 0 aromatic carbocycles. The largest absolute Gasteiger partial charge is 0.493 e. The predicted molar refractivity (Wildman–Crippen MR) is 83.1 cm³/mol. The predicted octanol–water partition coefficient (Wildman–Crippen LogP) is 3.10. The molecule has 1 rings (SSSR count). The van der Waals surface area contributed by atoms with Gasteiger partial charge in [0.15, 0.2) is 5.75 Å². The molecule has 1 N–H and O–H groups in total. The van der Waals surface area contributed by atoms with E-state index in [-0.39, 0.29) is 0 Å². The average Bonchev–Trinajstić information content (AvgIpc) is 2.82. The molecule has 110 valence electrons. The number of ether oxygens (including phenoxy) is 1. The molecule has 1 aromatic rings. The van der Waals surface area contributed by atoms with E-state index in [9.17, 15) is 0 Å². The Morgan fingerprint density at radius 2 is 2.21 bits per heavy atom. The second-order valence-corrected chi connectivity index (χ2v) is 5.60. The van der Waals surface area contributed by atoms with Crippen molar-refractivity contribution in [1.82, 2.24) is 15.1 Å². The molecule has 19 heavy (non-hydrogen) atoms. The van der Waals surface area contributed by atoms with Gasteiger partial charge in [-0.05, 0) is 37.8 Å². The number of hydrogen-bond donors (Lipinski definition) is 1. The summed E-state index contributed by atoms with van der Waals surface area (Å²) in [5, 5.41) is 8.08. The number of thioether (sulfide) groups is 1. The third-order valence-corrected chi connectivity index (χ3v) is 3.73. The number of nitrogens with one attached hydrogen (secondary N) is 1. The molecule has 0 radical (unpaired) electrons. The minimum Gasteiger partial charge on any atom is -0.493 e. The highest BCUT2D eigenvalue weighted by Gasteiger charge is 2.20. The highest BCUT2D eigenvalue weighted by Crippen LogP contribution is 2.28. The van der Waals surface area contributed by atoms with Crippen molar-refractivity contribution in [2.24, 2.45) is 0 Å². The van der Waals surface area contributed by atoms with Crippen LogP contribution in [0.25, 0.3) is 0 Å². The Morgan fingerprint density at radius 3 is 2.79 bits per heavy atom. The first-order valence-electron chi connectivity index (χ1n) is 7.10. The lowest BCUT2D eigenvalue weighted by molar-refractivity contribution is 0.387. The zero-order valence-corrected chi connectivity index (χ0v) is 13.4. The van der Waals surface area contributed by atoms with Crippen molar-refractivity contribution in [3.05, 3.63) is 11.9 Å². The van der Waals surface area contributed by atoms with Crippen LogP contribution in [0.5, 0.6) is 5.75 Å². The first kappa shape index (κ1) is 16.4. The Morgan fingerprint density at radius 1 is 1.42 bits per heavy atom. The normalized spacial score (nSPS) is 12.6. The molecule has 0 saturated carbocycles. The van der Waals surface area contributed by atoms with Crippen molar-refractivity contribution in [3.8, 4) is 5.75 Å². The standard InChI is InChI=1S/C14H27N3OS/c1-5-8-15-12(7-10-19-4)14-13(18-3)11-16-17(14)9-6-2/h11-12,15H,5-10H2,1-4H3. The third-order valence-electron chi connectivity index (χ3n) is 3.08. The van der Waals surface area contributed by atoms with E-state index in [1.54, 1.807) is 7.11 Å². The van der Waals surface area contributed by atoms with Gasteiger partial charge in [-0.2, -0.15) is 16.9 Å². The first-order chi connectivity index (χ1) is 9.28. The second-order valence-electron chi connectivity index (χ2n) is 4.61. The molecule has 5 heteroatoms. The summed E-state index contributed by atoms with van der Waals surface area (Å²) in [6.07, 6.45) is 7.32. The van der Waals surface area contributed by atoms with E-state index < -0.39 is 0 Å². The van der Waals surface area contributed by atoms with Crippen molar-refractivity contribution >= 4 is 11.8 Å². The fourth-order valence-corrected chi connectivity index (χ4v) is 2.64. The number of hydrogen-bond acceptors (Lipinski definition) is 4. The molecule has 4 nitrogen and oxygen atoms in total. The highest BCUT2D eigenvalue weighted by molar-refractivity contribution is 7.98. The first-order valence-corrected chi connectivity index (χ1v) is 8.49. The van der Waals surface area contributed by atoms with Crippen LogP contribution in [0.3, 0.4) is 0 Å². The van der Waals surface area contributed by atoms with Crippen LogP contribution in [0.2, 0.25) is 0 Å². The lowest BCUT2D eigenvalue weighted by Crippen LogP contribution is -2.26. The average molecular weight is 285 g/mol. The second kappa shape index (κ2) is 9.26. The van der Waals surface area contributed by atoms with E-state index in [2.05, 4.69) is 35.2 Å². The Labute approximate surface area is 121 Å². The van der Waals surface area contributed by atoms with Crippen LogP contribution < -0.4 is 10.1 Å². The van der Waals surface area contributed by atoms with E-state index in [1.165, 1.54) is 5.69 Å². The van der Waals surface area contributed by atoms with Crippen LogP contribution >= 0.6 is 11.8 Å². The molecule has 0 aliphatic carbocycles. The Kier molecular flexibility index (Phi) is 7.98. The maximum Gasteiger partial charge on any atom is 0.161 e. The van der Waals surface area contributed by atoms with Crippen LogP contribution in [-0.4, -0.2) is 35.4 Å². The molecule has 1 heterocycles. The molecule has 1 unspecified atom stereocenters. The van der Waals surface area contributed by atoms with Gasteiger partial charge in [0.2, 0.25) is 0 Å². The highest BCUT2D eigenvalue weighted by atomic mass is 32.2. The maximum absolute atomic E-state index is 5.48. The van der Waals surface area contributed by atoms with E-state index >= 15 is 0 Å². The van der Waals surface area contributed by atoms with Gasteiger partial charge in [-0.1, -0.05) is 13.8 Å². The van der Waals surface area contributed by atoms with Crippen molar-refractivity contribution in [1.29, 1.82) is 0 Å². The van der Waals surface area contributed by atoms with Gasteiger partial charge in [0, 0.05) is 6.54 Å². The molecule has 1 aromatic heterocycles. The number of aromatic nitrogens is 2. The minimum absolute atomic E-state index is 0.330. The molecular weight excluding hydrogens is 258 g/mol. The lowest BCUT2D eigenvalue weighted by atomic mass is 10.1. The van der Waals surface area contributed by atoms with Crippen LogP contribution in [-0.2, 0) is 6.54 Å². The van der Waals surface area contributed by atoms with Crippen LogP contribution in [0.15, 0.2) is 6.20 Å². The maximum atomic E-state index is 5.48. The van der Waals surface area contributed by atoms with Crippen LogP contribution in [0, 0.1) is 0 Å². The summed E-state index contributed by atoms with van der Waals surface area (Å²) < 4.78 is 7.57. The SMILES string of the molecule is CCCNC(CCSC)c1c(OC)cnn1CCC. The van der Waals surface area contributed by atoms with Crippen molar-refractivity contribution in [2.45, 2.75) is 45.7 Å². The van der Waals surface area contributed by atoms with E-state index in [4.69, 9.17) is 4.74 Å². The Bertz CT molecular complexity index is 346. The summed E-state index contributed by atoms with van der Waals surface area (Å²) in [5.41, 5.74) is 1.20. The molecule has 0 spiro atoms. The van der Waals surface area contributed by atoms with E-state index in [0.29, 0.717) is 6.04 Å². The summed E-state index contributed by atoms with van der Waals surface area (Å²) in [7, 11) is 1.72. The van der Waals surface area contributed by atoms with Gasteiger partial charge in [0.05, 0.1) is 25.0 Å². The third kappa shape index (κ3) is 4.73. The Balaban J connectivity index is 2.92. The summed E-state index contributed by atoms with van der Waals surface area (Å²) in [6.45, 7) is 6.34. The van der Waals surface area contributed by atoms with Crippen LogP contribution in [0.1, 0.15) is 44.8 Å². The lowest BCUT2D eigenvalue weighted by Gasteiger charge is -2.20. The quantitative estimate of drug-likeness (QED) is 0.717. The van der Waals surface area contributed by atoms with E-state index in [1.807, 2.05) is 18.0 Å². The Hall–Kier alpha value is -0.680. The molecular formula is C14H27N3OS. The molecule has 0 fully saturated rings.